The summed E-state index contributed by atoms with van der Waals surface area (Å²) in [4.78, 5) is 24.6. The number of hydrogen-bond acceptors (Lipinski definition) is 2. The molecule has 32 heavy (non-hydrogen) atoms. The summed E-state index contributed by atoms with van der Waals surface area (Å²) in [7, 11) is 0. The lowest BCUT2D eigenvalue weighted by Gasteiger charge is -2.44. The Balaban J connectivity index is 1.69. The Morgan fingerprint density at radius 1 is 0.625 bits per heavy atom. The average Bonchev–Trinajstić information content (AvgIpc) is 3.11. The van der Waals surface area contributed by atoms with Gasteiger partial charge < -0.3 is 0 Å². The van der Waals surface area contributed by atoms with Crippen LogP contribution < -0.4 is 0 Å². The Morgan fingerprint density at radius 3 is 1.66 bits per heavy atom. The Bertz CT molecular complexity index is 552. The maximum atomic E-state index is 11.6. The minimum Gasteiger partial charge on any atom is -0.275 e. The zero-order valence-electron chi connectivity index (χ0n) is 21.5. The summed E-state index contributed by atoms with van der Waals surface area (Å²) < 4.78 is 0. The molecule has 0 spiro atoms. The molecule has 0 radical (unpaired) electrons. The Hall–Kier alpha value is -1.12. The van der Waals surface area contributed by atoms with Gasteiger partial charge in [0.15, 0.2) is 0 Å². The van der Waals surface area contributed by atoms with Gasteiger partial charge in [-0.15, -0.1) is 0 Å². The SMILES string of the molecule is CCCCC1C(CCC)CCC(CCCCCCCCN2C(=O)C=CC2=O)C1CCCC. The van der Waals surface area contributed by atoms with Crippen molar-refractivity contribution in [2.75, 3.05) is 6.54 Å². The first-order valence-corrected chi connectivity index (χ1v) is 14.2. The minimum absolute atomic E-state index is 0.140. The summed E-state index contributed by atoms with van der Waals surface area (Å²) in [6, 6.07) is 0. The second-order valence-electron chi connectivity index (χ2n) is 10.6. The number of amides is 2. The summed E-state index contributed by atoms with van der Waals surface area (Å²) in [6.07, 6.45) is 25.8. The molecule has 3 nitrogen and oxygen atoms in total. The molecule has 4 unspecified atom stereocenters. The van der Waals surface area contributed by atoms with Crippen molar-refractivity contribution in [2.24, 2.45) is 23.7 Å². The van der Waals surface area contributed by atoms with Crippen LogP contribution >= 0.6 is 0 Å². The molecule has 1 fully saturated rings. The molecule has 4 atom stereocenters. The summed E-state index contributed by atoms with van der Waals surface area (Å²) in [5.41, 5.74) is 0. The molecule has 2 amide bonds. The zero-order valence-corrected chi connectivity index (χ0v) is 21.5. The van der Waals surface area contributed by atoms with Crippen molar-refractivity contribution in [1.82, 2.24) is 4.90 Å². The Kier molecular flexibility index (Phi) is 13.3. The summed E-state index contributed by atoms with van der Waals surface area (Å²) >= 11 is 0. The third-order valence-corrected chi connectivity index (χ3v) is 8.22. The van der Waals surface area contributed by atoms with Crippen molar-refractivity contribution in [3.63, 3.8) is 0 Å². The first-order chi connectivity index (χ1) is 15.6. The topological polar surface area (TPSA) is 37.4 Å². The van der Waals surface area contributed by atoms with E-state index in [0.29, 0.717) is 6.54 Å². The van der Waals surface area contributed by atoms with Crippen LogP contribution in [0.15, 0.2) is 12.2 Å². The van der Waals surface area contributed by atoms with E-state index in [1.54, 1.807) is 0 Å². The van der Waals surface area contributed by atoms with E-state index in [2.05, 4.69) is 20.8 Å². The van der Waals surface area contributed by atoms with E-state index in [-0.39, 0.29) is 11.8 Å². The molecule has 2 aliphatic rings. The van der Waals surface area contributed by atoms with Gasteiger partial charge in [0, 0.05) is 18.7 Å². The Labute approximate surface area is 198 Å². The van der Waals surface area contributed by atoms with Gasteiger partial charge in [-0.3, -0.25) is 14.5 Å². The molecule has 0 bridgehead atoms. The van der Waals surface area contributed by atoms with E-state index < -0.39 is 0 Å². The number of imide groups is 1. The standard InChI is InChI=1S/C29H51NO2/c1-4-7-17-26-24(15-6-3)19-20-25(27(26)18-8-5-2)16-13-11-9-10-12-14-23-30-28(31)21-22-29(30)32/h21-22,24-27H,4-20,23H2,1-3H3. The van der Waals surface area contributed by atoms with Crippen molar-refractivity contribution in [3.05, 3.63) is 12.2 Å². The molecule has 0 aromatic heterocycles. The van der Waals surface area contributed by atoms with Crippen molar-refractivity contribution < 1.29 is 9.59 Å². The van der Waals surface area contributed by atoms with Gasteiger partial charge in [-0.2, -0.15) is 0 Å². The highest BCUT2D eigenvalue weighted by Gasteiger charge is 2.37. The third kappa shape index (κ3) is 8.67. The van der Waals surface area contributed by atoms with E-state index in [1.165, 1.54) is 113 Å². The van der Waals surface area contributed by atoms with Crippen molar-refractivity contribution in [2.45, 2.75) is 130 Å². The predicted octanol–water partition coefficient (Wildman–Crippen LogP) is 8.08. The van der Waals surface area contributed by atoms with Gasteiger partial charge in [-0.05, 0) is 55.8 Å². The summed E-state index contributed by atoms with van der Waals surface area (Å²) in [5.74, 6) is 3.66. The lowest BCUT2D eigenvalue weighted by Crippen LogP contribution is -2.35. The van der Waals surface area contributed by atoms with E-state index in [0.717, 1.165) is 36.5 Å². The van der Waals surface area contributed by atoms with Gasteiger partial charge in [0.1, 0.15) is 0 Å². The number of unbranched alkanes of at least 4 members (excludes halogenated alkanes) is 7. The van der Waals surface area contributed by atoms with Crippen molar-refractivity contribution >= 4 is 11.8 Å². The van der Waals surface area contributed by atoms with Crippen molar-refractivity contribution in [1.29, 1.82) is 0 Å². The van der Waals surface area contributed by atoms with Gasteiger partial charge >= 0.3 is 0 Å². The van der Waals surface area contributed by atoms with Gasteiger partial charge in [0.05, 0.1) is 0 Å². The fourth-order valence-electron chi connectivity index (χ4n) is 6.46. The smallest absolute Gasteiger partial charge is 0.253 e. The van der Waals surface area contributed by atoms with Gasteiger partial charge in [0.2, 0.25) is 0 Å². The first-order valence-electron chi connectivity index (χ1n) is 14.2. The average molecular weight is 446 g/mol. The molecule has 0 N–H and O–H groups in total. The lowest BCUT2D eigenvalue weighted by atomic mass is 9.61. The van der Waals surface area contributed by atoms with Gasteiger partial charge in [-0.1, -0.05) is 97.8 Å². The monoisotopic (exact) mass is 445 g/mol. The molecule has 0 aromatic carbocycles. The zero-order chi connectivity index (χ0) is 23.2. The van der Waals surface area contributed by atoms with Crippen LogP contribution in [0.25, 0.3) is 0 Å². The van der Waals surface area contributed by atoms with Gasteiger partial charge in [0.25, 0.3) is 11.8 Å². The van der Waals surface area contributed by atoms with Crippen LogP contribution in [0.1, 0.15) is 130 Å². The van der Waals surface area contributed by atoms with Crippen LogP contribution in [0, 0.1) is 23.7 Å². The quantitative estimate of drug-likeness (QED) is 0.168. The maximum absolute atomic E-state index is 11.6. The first kappa shape index (κ1) is 27.1. The second kappa shape index (κ2) is 15.7. The lowest BCUT2D eigenvalue weighted by molar-refractivity contribution is -0.136. The predicted molar refractivity (Wildman–Crippen MR) is 135 cm³/mol. The summed E-state index contributed by atoms with van der Waals surface area (Å²) in [5, 5.41) is 0. The van der Waals surface area contributed by atoms with E-state index in [4.69, 9.17) is 0 Å². The second-order valence-corrected chi connectivity index (χ2v) is 10.6. The van der Waals surface area contributed by atoms with Crippen LogP contribution in [-0.4, -0.2) is 23.3 Å². The molecule has 184 valence electrons. The van der Waals surface area contributed by atoms with E-state index >= 15 is 0 Å². The molecule has 0 saturated heterocycles. The van der Waals surface area contributed by atoms with Gasteiger partial charge in [-0.25, -0.2) is 0 Å². The maximum Gasteiger partial charge on any atom is 0.253 e. The number of nitrogens with zero attached hydrogens (tertiary/aromatic N) is 1. The third-order valence-electron chi connectivity index (χ3n) is 8.22. The summed E-state index contributed by atoms with van der Waals surface area (Å²) in [6.45, 7) is 7.67. The van der Waals surface area contributed by atoms with Crippen LogP contribution in [0.3, 0.4) is 0 Å². The van der Waals surface area contributed by atoms with Crippen LogP contribution in [0.2, 0.25) is 0 Å². The normalized spacial score (nSPS) is 25.8. The molecular weight excluding hydrogens is 394 g/mol. The van der Waals surface area contributed by atoms with Crippen LogP contribution in [-0.2, 0) is 9.59 Å². The molecule has 3 heteroatoms. The highest BCUT2D eigenvalue weighted by molar-refractivity contribution is 6.12. The Morgan fingerprint density at radius 2 is 1.12 bits per heavy atom. The molecular formula is C29H51NO2. The number of rotatable bonds is 17. The molecule has 1 heterocycles. The number of hydrogen-bond donors (Lipinski definition) is 0. The number of carbonyl (C=O) groups is 2. The van der Waals surface area contributed by atoms with Crippen molar-refractivity contribution in [3.8, 4) is 0 Å². The molecule has 2 rings (SSSR count). The largest absolute Gasteiger partial charge is 0.275 e. The fourth-order valence-corrected chi connectivity index (χ4v) is 6.46. The van der Waals surface area contributed by atoms with Crippen LogP contribution in [0.5, 0.6) is 0 Å². The molecule has 1 saturated carbocycles. The molecule has 0 aromatic rings. The highest BCUT2D eigenvalue weighted by atomic mass is 16.2. The van der Waals surface area contributed by atoms with E-state index in [9.17, 15) is 9.59 Å². The molecule has 1 aliphatic carbocycles. The minimum atomic E-state index is -0.140. The van der Waals surface area contributed by atoms with E-state index in [1.807, 2.05) is 0 Å². The number of carbonyl (C=O) groups excluding carboxylic acids is 2. The van der Waals surface area contributed by atoms with Crippen LogP contribution in [0.4, 0.5) is 0 Å². The molecule has 1 aliphatic heterocycles. The highest BCUT2D eigenvalue weighted by Crippen LogP contribution is 2.47. The fraction of sp³-hybridized carbons (Fsp3) is 0.862.